The normalized spacial score (nSPS) is 3.00. The van der Waals surface area contributed by atoms with Crippen molar-refractivity contribution < 1.29 is 36.4 Å². The Balaban J connectivity index is -0.00000000750. The van der Waals surface area contributed by atoms with E-state index in [2.05, 4.69) is 0 Å². The molecule has 0 bridgehead atoms. The van der Waals surface area contributed by atoms with Crippen molar-refractivity contribution in [3.8, 4) is 0 Å². The average Bonchev–Trinajstić information content (AvgIpc) is 0.811. The second-order valence-electron chi connectivity index (χ2n) is 0.283. The first-order valence-electron chi connectivity index (χ1n) is 0.651. The molecule has 0 aliphatic rings. The third-order valence-electron chi connectivity index (χ3n) is 0. The van der Waals surface area contributed by atoms with Gasteiger partial charge in [-0.15, -0.1) is 0 Å². The van der Waals surface area contributed by atoms with Crippen LogP contribution >= 0.6 is 0 Å². The summed E-state index contributed by atoms with van der Waals surface area (Å²) in [4.78, 5) is 14.3. The van der Waals surface area contributed by atoms with Crippen molar-refractivity contribution in [3.05, 3.63) is 0 Å². The van der Waals surface area contributed by atoms with Gasteiger partial charge in [0.1, 0.15) is 0 Å². The molecule has 0 saturated carbocycles. The fourth-order valence-corrected chi connectivity index (χ4v) is 0. The van der Waals surface area contributed by atoms with Gasteiger partial charge in [-0.3, -0.25) is 4.46 Å². The van der Waals surface area contributed by atoms with Gasteiger partial charge in [0.2, 0.25) is 0 Å². The molecule has 8 heteroatoms. The maximum atomic E-state index is 8.74. The summed E-state index contributed by atoms with van der Waals surface area (Å²) in [6.45, 7) is 0. The van der Waals surface area contributed by atoms with Crippen molar-refractivity contribution in [1.82, 2.24) is 0 Å². The molecule has 2 N–H and O–H groups in total. The van der Waals surface area contributed by atoms with Crippen LogP contribution in [0.3, 0.4) is 0 Å². The predicted octanol–water partition coefficient (Wildman–Crippen LogP) is -4.90. The molecule has 45 valence electrons. The minimum absolute atomic E-state index is 0. The Hall–Kier alpha value is 2.79. The second-order valence-corrected chi connectivity index (χ2v) is 0.848. The third kappa shape index (κ3) is 68.6. The van der Waals surface area contributed by atoms with E-state index in [1.807, 2.05) is 0 Å². The molecule has 0 unspecified atom stereocenters. The van der Waals surface area contributed by atoms with E-state index in [0.29, 0.717) is 0 Å². The molecule has 0 aromatic heterocycles. The van der Waals surface area contributed by atoms with Gasteiger partial charge in [-0.25, -0.2) is 0 Å². The van der Waals surface area contributed by atoms with Gasteiger partial charge >= 0.3 is 66.7 Å². The molecule has 8 heavy (non-hydrogen) atoms. The molecule has 1 radical (unpaired) electrons. The van der Waals surface area contributed by atoms with E-state index in [0.717, 1.165) is 0 Å². The van der Waals surface area contributed by atoms with Crippen molar-refractivity contribution >= 4 is 84.1 Å². The minimum Gasteiger partial charge on any atom is 0 e. The number of hydrogen-bond acceptors (Lipinski definition) is 1. The maximum Gasteiger partial charge on any atom is 0 e. The molecule has 0 saturated heterocycles. The van der Waals surface area contributed by atoms with Crippen LogP contribution in [-0.4, -0.2) is 93.7 Å². The van der Waals surface area contributed by atoms with Gasteiger partial charge in [-0.1, -0.05) is 0 Å². The van der Waals surface area contributed by atoms with Crippen molar-refractivity contribution in [3.63, 3.8) is 0 Å². The van der Waals surface area contributed by atoms with E-state index in [1.165, 1.54) is 0 Å². The Kier molecular flexibility index (Phi) is 87.0. The summed E-state index contributed by atoms with van der Waals surface area (Å²) in [5, 5.41) is 0. The van der Waals surface area contributed by atoms with Crippen molar-refractivity contribution in [2.24, 2.45) is 0 Å². The van der Waals surface area contributed by atoms with Crippen LogP contribution in [0.5, 0.6) is 0 Å². The SMILES string of the molecule is O=[Si](O)O.[AlH3].[CaH2].[GaH3].[Ta]. The van der Waals surface area contributed by atoms with Crippen LogP contribution < -0.4 is 0 Å². The van der Waals surface area contributed by atoms with Crippen molar-refractivity contribution in [2.45, 2.75) is 0 Å². The first-order valence-corrected chi connectivity index (χ1v) is 1.95. The summed E-state index contributed by atoms with van der Waals surface area (Å²) in [6.07, 6.45) is 0. The quantitative estimate of drug-likeness (QED) is 0.399. The monoisotopic (exact) mass is 403 g/mol. The summed E-state index contributed by atoms with van der Waals surface area (Å²) in [5.41, 5.74) is 0. The van der Waals surface area contributed by atoms with Gasteiger partial charge in [-0.05, 0) is 0 Å². The Morgan fingerprint density at radius 2 is 1.25 bits per heavy atom. The van der Waals surface area contributed by atoms with Crippen LogP contribution in [0.25, 0.3) is 0 Å². The van der Waals surface area contributed by atoms with Crippen LogP contribution in [0.4, 0.5) is 0 Å². The van der Waals surface area contributed by atoms with Crippen LogP contribution in [0.1, 0.15) is 0 Å². The molecule has 0 aliphatic heterocycles. The van der Waals surface area contributed by atoms with Crippen molar-refractivity contribution in [1.29, 1.82) is 0 Å². The Morgan fingerprint density at radius 3 is 1.25 bits per heavy atom. The zero-order valence-corrected chi connectivity index (χ0v) is 6.46. The minimum atomic E-state index is -3.13. The smallest absolute Gasteiger partial charge is 0 e. The van der Waals surface area contributed by atoms with E-state index in [4.69, 9.17) is 14.1 Å². The van der Waals surface area contributed by atoms with Gasteiger partial charge in [0.05, 0.1) is 0 Å². The summed E-state index contributed by atoms with van der Waals surface area (Å²) in [6, 6.07) is 0. The second kappa shape index (κ2) is 22.6. The molecular weight excluding hydrogens is 394 g/mol. The molecule has 0 spiro atoms. The van der Waals surface area contributed by atoms with E-state index in [9.17, 15) is 0 Å². The fourth-order valence-electron chi connectivity index (χ4n) is 0. The molecule has 0 aliphatic carbocycles. The van der Waals surface area contributed by atoms with Gasteiger partial charge in [0.25, 0.3) is 0 Å². The Bertz CT molecular complexity index is 42.3. The number of rotatable bonds is 0. The van der Waals surface area contributed by atoms with Crippen molar-refractivity contribution in [2.75, 3.05) is 0 Å². The molecule has 3 nitrogen and oxygen atoms in total. The summed E-state index contributed by atoms with van der Waals surface area (Å²) in [5.74, 6) is 0. The first-order chi connectivity index (χ1) is 1.73. The van der Waals surface area contributed by atoms with Crippen LogP contribution in [-0.2, 0) is 26.8 Å². The van der Waals surface area contributed by atoms with Crippen LogP contribution in [0.15, 0.2) is 0 Å². The van der Waals surface area contributed by atoms with Gasteiger partial charge in [0, 0.05) is 22.4 Å². The summed E-state index contributed by atoms with van der Waals surface area (Å²) >= 11 is 0. The Morgan fingerprint density at radius 1 is 1.25 bits per heavy atom. The maximum absolute atomic E-state index is 8.74. The molecule has 0 atom stereocenters. The fraction of sp³-hybridized carbons (Fsp3) is 0. The largest absolute Gasteiger partial charge is 0 e. The Labute approximate surface area is 118 Å². The van der Waals surface area contributed by atoms with E-state index in [1.54, 1.807) is 0 Å². The molecule has 0 fully saturated rings. The van der Waals surface area contributed by atoms with Crippen LogP contribution in [0, 0.1) is 0 Å². The van der Waals surface area contributed by atoms with Gasteiger partial charge < -0.3 is 9.59 Å². The van der Waals surface area contributed by atoms with Crippen LogP contribution in [0.2, 0.25) is 0 Å². The van der Waals surface area contributed by atoms with E-state index in [-0.39, 0.29) is 97.3 Å². The van der Waals surface area contributed by atoms with Gasteiger partial charge in [-0.2, -0.15) is 0 Å². The number of hydrogen-bond donors (Lipinski definition) is 2. The zero-order chi connectivity index (χ0) is 3.58. The first kappa shape index (κ1) is 30.9. The van der Waals surface area contributed by atoms with Gasteiger partial charge in [0.15, 0.2) is 17.4 Å². The topological polar surface area (TPSA) is 57.5 Å². The van der Waals surface area contributed by atoms with E-state index >= 15 is 0 Å². The predicted molar refractivity (Wildman–Crippen MR) is 39.3 cm³/mol. The third-order valence-corrected chi connectivity index (χ3v) is 0. The standard InChI is InChI=1S/Al.Ca.Ga.H2O3Si.Ta.8H/c;;;1-4(2)3;;;;;;;;;/h;;;1-2H;;;;;;;;;. The zero-order valence-electron chi connectivity index (χ0n) is 2.25. The molecule has 0 rings (SSSR count). The summed E-state index contributed by atoms with van der Waals surface area (Å²) < 4.78 is 8.74. The molecule has 0 heterocycles. The molecule has 0 amide bonds. The average molecular weight is 404 g/mol. The molecule has 0 aromatic rings. The molecular formula is H10AlCaGaO3SiTa. The molecule has 0 aromatic carbocycles. The summed E-state index contributed by atoms with van der Waals surface area (Å²) in [7, 11) is -3.13. The van der Waals surface area contributed by atoms with E-state index < -0.39 is 9.17 Å².